The fourth-order valence-electron chi connectivity index (χ4n) is 3.39. The molecule has 0 spiro atoms. The van der Waals surface area contributed by atoms with E-state index in [1.54, 1.807) is 0 Å². The zero-order valence-corrected chi connectivity index (χ0v) is 12.9. The molecule has 0 aromatic rings. The number of carboxylic acid groups (broad SMARTS) is 1. The molecule has 1 saturated heterocycles. The quantitative estimate of drug-likeness (QED) is 0.783. The molecule has 0 aromatic carbocycles. The van der Waals surface area contributed by atoms with Crippen molar-refractivity contribution in [1.82, 2.24) is 4.90 Å². The molecule has 5 heteroatoms. The first kappa shape index (κ1) is 16.3. The largest absolute Gasteiger partial charge is 0.481 e. The van der Waals surface area contributed by atoms with Crippen LogP contribution >= 0.6 is 0 Å². The molecule has 2 rings (SSSR count). The van der Waals surface area contributed by atoms with E-state index in [4.69, 9.17) is 9.84 Å². The summed E-state index contributed by atoms with van der Waals surface area (Å²) in [6.45, 7) is 4.36. The van der Waals surface area contributed by atoms with Crippen molar-refractivity contribution >= 4 is 11.9 Å². The van der Waals surface area contributed by atoms with E-state index in [0.717, 1.165) is 51.8 Å². The van der Waals surface area contributed by atoms with Crippen LogP contribution < -0.4 is 0 Å². The van der Waals surface area contributed by atoms with E-state index in [1.165, 1.54) is 0 Å². The van der Waals surface area contributed by atoms with Gasteiger partial charge in [-0.05, 0) is 50.9 Å². The van der Waals surface area contributed by atoms with Gasteiger partial charge < -0.3 is 14.7 Å². The smallest absolute Gasteiger partial charge is 0.303 e. The highest BCUT2D eigenvalue weighted by atomic mass is 16.5. The number of aliphatic carboxylic acids is 1. The van der Waals surface area contributed by atoms with Gasteiger partial charge in [0.1, 0.15) is 0 Å². The molecule has 1 amide bonds. The van der Waals surface area contributed by atoms with Gasteiger partial charge >= 0.3 is 5.97 Å². The number of hydrogen-bond acceptors (Lipinski definition) is 3. The van der Waals surface area contributed by atoms with Crippen LogP contribution in [0.15, 0.2) is 0 Å². The first-order chi connectivity index (χ1) is 10.1. The Morgan fingerprint density at radius 1 is 1.19 bits per heavy atom. The van der Waals surface area contributed by atoms with Crippen LogP contribution in [0.2, 0.25) is 0 Å². The van der Waals surface area contributed by atoms with Crippen LogP contribution in [0.1, 0.15) is 51.9 Å². The van der Waals surface area contributed by atoms with Crippen molar-refractivity contribution in [3.63, 3.8) is 0 Å². The van der Waals surface area contributed by atoms with E-state index in [2.05, 4.69) is 0 Å². The molecule has 0 radical (unpaired) electrons. The van der Waals surface area contributed by atoms with Gasteiger partial charge in [0.05, 0.1) is 6.10 Å². The van der Waals surface area contributed by atoms with Crippen molar-refractivity contribution in [2.75, 3.05) is 19.7 Å². The summed E-state index contributed by atoms with van der Waals surface area (Å²) in [5, 5.41) is 8.70. The third kappa shape index (κ3) is 4.99. The monoisotopic (exact) mass is 297 g/mol. The lowest BCUT2D eigenvalue weighted by molar-refractivity contribution is -0.139. The maximum Gasteiger partial charge on any atom is 0.303 e. The standard InChI is InChI=1S/C16H27NO4/c1-2-21-14-9-13(10-14)11-15(18)17-7-5-12(6-8-17)3-4-16(19)20/h12-14H,2-11H2,1H3,(H,19,20). The number of nitrogens with zero attached hydrogens (tertiary/aromatic N) is 1. The molecule has 0 atom stereocenters. The highest BCUT2D eigenvalue weighted by molar-refractivity contribution is 5.76. The lowest BCUT2D eigenvalue weighted by Gasteiger charge is -2.37. The normalized spacial score (nSPS) is 26.4. The van der Waals surface area contributed by atoms with E-state index in [1.807, 2.05) is 11.8 Å². The lowest BCUT2D eigenvalue weighted by atomic mass is 9.79. The molecule has 2 aliphatic rings. The second-order valence-corrected chi connectivity index (χ2v) is 6.38. The molecule has 1 heterocycles. The summed E-state index contributed by atoms with van der Waals surface area (Å²) in [4.78, 5) is 24.8. The van der Waals surface area contributed by atoms with Crippen LogP contribution in [-0.4, -0.2) is 47.7 Å². The Hall–Kier alpha value is -1.10. The summed E-state index contributed by atoms with van der Waals surface area (Å²) < 4.78 is 5.52. The summed E-state index contributed by atoms with van der Waals surface area (Å²) in [6, 6.07) is 0. The first-order valence-electron chi connectivity index (χ1n) is 8.19. The average molecular weight is 297 g/mol. The van der Waals surface area contributed by atoms with E-state index in [9.17, 15) is 9.59 Å². The molecule has 0 bridgehead atoms. The van der Waals surface area contributed by atoms with Crippen LogP contribution in [0.3, 0.4) is 0 Å². The zero-order valence-electron chi connectivity index (χ0n) is 12.9. The van der Waals surface area contributed by atoms with Crippen LogP contribution in [0.5, 0.6) is 0 Å². The van der Waals surface area contributed by atoms with Gasteiger partial charge in [0.25, 0.3) is 0 Å². The number of piperidine rings is 1. The number of likely N-dealkylation sites (tertiary alicyclic amines) is 1. The molecule has 2 fully saturated rings. The molecule has 1 aliphatic heterocycles. The summed E-state index contributed by atoms with van der Waals surface area (Å²) in [7, 11) is 0. The maximum absolute atomic E-state index is 12.2. The van der Waals surface area contributed by atoms with Crippen molar-refractivity contribution < 1.29 is 19.4 Å². The fraction of sp³-hybridized carbons (Fsp3) is 0.875. The summed E-state index contributed by atoms with van der Waals surface area (Å²) in [5.74, 6) is 0.518. The number of amides is 1. The second-order valence-electron chi connectivity index (χ2n) is 6.38. The van der Waals surface area contributed by atoms with Gasteiger partial charge in [-0.1, -0.05) is 0 Å². The van der Waals surface area contributed by atoms with E-state index >= 15 is 0 Å². The molecule has 1 saturated carbocycles. The Balaban J connectivity index is 1.61. The molecule has 0 unspecified atom stereocenters. The molecular weight excluding hydrogens is 270 g/mol. The minimum absolute atomic E-state index is 0.250. The molecule has 5 nitrogen and oxygen atoms in total. The Morgan fingerprint density at radius 2 is 1.86 bits per heavy atom. The van der Waals surface area contributed by atoms with Crippen molar-refractivity contribution in [3.8, 4) is 0 Å². The van der Waals surface area contributed by atoms with Gasteiger partial charge in [0.15, 0.2) is 0 Å². The van der Waals surface area contributed by atoms with Crippen molar-refractivity contribution in [2.45, 2.75) is 58.0 Å². The lowest BCUT2D eigenvalue weighted by Crippen LogP contribution is -2.41. The third-order valence-corrected chi connectivity index (χ3v) is 4.79. The van der Waals surface area contributed by atoms with E-state index in [-0.39, 0.29) is 12.3 Å². The van der Waals surface area contributed by atoms with Crippen molar-refractivity contribution in [2.24, 2.45) is 11.8 Å². The Bertz CT molecular complexity index is 357. The molecule has 21 heavy (non-hydrogen) atoms. The predicted molar refractivity (Wildman–Crippen MR) is 78.9 cm³/mol. The van der Waals surface area contributed by atoms with E-state index < -0.39 is 5.97 Å². The number of carbonyl (C=O) groups excluding carboxylic acids is 1. The van der Waals surface area contributed by atoms with Gasteiger partial charge in [-0.2, -0.15) is 0 Å². The topological polar surface area (TPSA) is 66.8 Å². The second kappa shape index (κ2) is 7.78. The van der Waals surface area contributed by atoms with Crippen LogP contribution in [-0.2, 0) is 14.3 Å². The van der Waals surface area contributed by atoms with Crippen molar-refractivity contribution in [3.05, 3.63) is 0 Å². The van der Waals surface area contributed by atoms with Crippen LogP contribution in [0.4, 0.5) is 0 Å². The third-order valence-electron chi connectivity index (χ3n) is 4.79. The Morgan fingerprint density at radius 3 is 2.43 bits per heavy atom. The van der Waals surface area contributed by atoms with Gasteiger partial charge in [0, 0.05) is 32.5 Å². The Labute approximate surface area is 126 Å². The van der Waals surface area contributed by atoms with Gasteiger partial charge in [-0.3, -0.25) is 9.59 Å². The van der Waals surface area contributed by atoms with E-state index in [0.29, 0.717) is 24.4 Å². The van der Waals surface area contributed by atoms with Gasteiger partial charge in [-0.25, -0.2) is 0 Å². The predicted octanol–water partition coefficient (Wildman–Crippen LogP) is 2.29. The van der Waals surface area contributed by atoms with Gasteiger partial charge in [0.2, 0.25) is 5.91 Å². The number of ether oxygens (including phenoxy) is 1. The number of carbonyl (C=O) groups is 2. The SMILES string of the molecule is CCOC1CC(CC(=O)N2CCC(CCC(=O)O)CC2)C1. The zero-order chi connectivity index (χ0) is 15.2. The first-order valence-corrected chi connectivity index (χ1v) is 8.19. The minimum atomic E-state index is -0.720. The number of rotatable bonds is 7. The molecule has 1 aliphatic carbocycles. The molecule has 120 valence electrons. The number of carboxylic acids is 1. The fourth-order valence-corrected chi connectivity index (χ4v) is 3.39. The molecule has 0 aromatic heterocycles. The summed E-state index contributed by atoms with van der Waals surface area (Å²) >= 11 is 0. The summed E-state index contributed by atoms with van der Waals surface area (Å²) in [5.41, 5.74) is 0. The highest BCUT2D eigenvalue weighted by Gasteiger charge is 2.33. The summed E-state index contributed by atoms with van der Waals surface area (Å²) in [6.07, 6.45) is 5.97. The molecular formula is C16H27NO4. The van der Waals surface area contributed by atoms with Crippen LogP contribution in [0, 0.1) is 11.8 Å². The highest BCUT2D eigenvalue weighted by Crippen LogP contribution is 2.33. The number of hydrogen-bond donors (Lipinski definition) is 1. The van der Waals surface area contributed by atoms with Crippen LogP contribution in [0.25, 0.3) is 0 Å². The maximum atomic E-state index is 12.2. The van der Waals surface area contributed by atoms with Gasteiger partial charge in [-0.15, -0.1) is 0 Å². The molecule has 1 N–H and O–H groups in total. The average Bonchev–Trinajstić information content (AvgIpc) is 2.43. The van der Waals surface area contributed by atoms with Crippen molar-refractivity contribution in [1.29, 1.82) is 0 Å². The Kier molecular flexibility index (Phi) is 6.03. The minimum Gasteiger partial charge on any atom is -0.481 e.